The SMILES string of the molecule is C/C=C(/N=C=S)C(=O)O[C@H]1[C@@H](OC2C[C@H](OC)[C@@](O)(C(C)OC(=O)CC)[C@H](C)O2)[C@@H](O)C(C2(O)CC(=O)C(=N)C(C(=O)O)=C2O)O[C@@H]1COC(C)=O. The molecule has 3 rings (SSSR count). The maximum absolute atomic E-state index is 13.3. The van der Waals surface area contributed by atoms with E-state index in [1.54, 1.807) is 6.92 Å². The number of methoxy groups -OCH3 is 1. The Bertz CT molecular complexity index is 1560. The number of ether oxygens (including phenoxy) is 7. The number of aliphatic hydroxyl groups is 4. The van der Waals surface area contributed by atoms with Crippen molar-refractivity contribution in [3.05, 3.63) is 23.1 Å². The minimum atomic E-state index is -3.02. The van der Waals surface area contributed by atoms with Gasteiger partial charge in [-0.15, -0.1) is 0 Å². The van der Waals surface area contributed by atoms with E-state index in [4.69, 9.17) is 38.6 Å². The molecule has 288 valence electrons. The van der Waals surface area contributed by atoms with Crippen LogP contribution in [0.25, 0.3) is 0 Å². The van der Waals surface area contributed by atoms with E-state index in [9.17, 15) is 49.5 Å². The summed E-state index contributed by atoms with van der Waals surface area (Å²) >= 11 is 4.59. The molecule has 0 spiro atoms. The number of carboxylic acid groups (broad SMARTS) is 1. The largest absolute Gasteiger partial charge is 0.508 e. The lowest BCUT2D eigenvalue weighted by molar-refractivity contribution is -0.345. The molecule has 11 atom stereocenters. The van der Waals surface area contributed by atoms with Gasteiger partial charge in [-0.3, -0.25) is 19.8 Å². The third kappa shape index (κ3) is 8.46. The number of ketones is 1. The van der Waals surface area contributed by atoms with Gasteiger partial charge in [-0.1, -0.05) is 13.0 Å². The number of hydrogen-bond donors (Lipinski definition) is 6. The number of nitrogens with zero attached hydrogens (tertiary/aromatic N) is 1. The van der Waals surface area contributed by atoms with E-state index in [0.717, 1.165) is 6.92 Å². The molecule has 2 heterocycles. The number of carboxylic acids is 1. The fourth-order valence-electron chi connectivity index (χ4n) is 6.28. The Labute approximate surface area is 302 Å². The van der Waals surface area contributed by atoms with E-state index in [1.807, 2.05) is 5.16 Å². The molecule has 0 saturated carbocycles. The van der Waals surface area contributed by atoms with Gasteiger partial charge in [0.1, 0.15) is 54.2 Å². The summed E-state index contributed by atoms with van der Waals surface area (Å²) in [6, 6.07) is 0. The van der Waals surface area contributed by atoms with Crippen molar-refractivity contribution in [1.29, 1.82) is 5.41 Å². The summed E-state index contributed by atoms with van der Waals surface area (Å²) in [6.45, 7) is 6.11. The molecule has 20 heteroatoms. The second kappa shape index (κ2) is 17.2. The van der Waals surface area contributed by atoms with Crippen molar-refractivity contribution in [2.75, 3.05) is 13.7 Å². The van der Waals surface area contributed by atoms with Crippen LogP contribution in [0.1, 0.15) is 53.9 Å². The van der Waals surface area contributed by atoms with E-state index >= 15 is 0 Å². The Hall–Kier alpha value is -3.98. The minimum absolute atomic E-state index is 0.0129. The maximum Gasteiger partial charge on any atom is 0.357 e. The molecule has 3 aliphatic rings. The first-order chi connectivity index (χ1) is 24.3. The zero-order valence-corrected chi connectivity index (χ0v) is 29.9. The number of esters is 3. The van der Waals surface area contributed by atoms with Crippen LogP contribution in [0.4, 0.5) is 0 Å². The second-order valence-electron chi connectivity index (χ2n) is 12.2. The molecule has 19 nitrogen and oxygen atoms in total. The van der Waals surface area contributed by atoms with Crippen molar-refractivity contribution in [2.45, 2.75) is 120 Å². The van der Waals surface area contributed by atoms with Gasteiger partial charge >= 0.3 is 23.9 Å². The van der Waals surface area contributed by atoms with Crippen molar-refractivity contribution in [3.8, 4) is 0 Å². The summed E-state index contributed by atoms with van der Waals surface area (Å²) in [5.74, 6) is -7.22. The number of isothiocyanates is 1. The topological polar surface area (TPSA) is 287 Å². The van der Waals surface area contributed by atoms with Gasteiger partial charge in [0.05, 0.1) is 23.8 Å². The van der Waals surface area contributed by atoms with E-state index in [1.165, 1.54) is 34.0 Å². The lowest BCUT2D eigenvalue weighted by Crippen LogP contribution is -2.70. The Morgan fingerprint density at radius 3 is 2.40 bits per heavy atom. The first-order valence-electron chi connectivity index (χ1n) is 16.0. The predicted octanol–water partition coefficient (Wildman–Crippen LogP) is -0.176. The zero-order valence-electron chi connectivity index (χ0n) is 29.1. The van der Waals surface area contributed by atoms with E-state index in [0.29, 0.717) is 0 Å². The summed E-state index contributed by atoms with van der Waals surface area (Å²) in [7, 11) is 1.26. The molecule has 2 fully saturated rings. The van der Waals surface area contributed by atoms with Gasteiger partial charge in [0, 0.05) is 26.9 Å². The molecule has 2 saturated heterocycles. The van der Waals surface area contributed by atoms with Crippen molar-refractivity contribution in [3.63, 3.8) is 0 Å². The zero-order chi connectivity index (χ0) is 39.3. The molecule has 2 aliphatic heterocycles. The highest BCUT2D eigenvalue weighted by Gasteiger charge is 2.62. The van der Waals surface area contributed by atoms with Crippen molar-refractivity contribution in [1.82, 2.24) is 0 Å². The van der Waals surface area contributed by atoms with Gasteiger partial charge in [-0.05, 0) is 33.0 Å². The molecule has 0 bridgehead atoms. The number of aliphatic hydroxyl groups excluding tert-OH is 2. The highest BCUT2D eigenvalue weighted by Crippen LogP contribution is 2.42. The molecule has 4 unspecified atom stereocenters. The average Bonchev–Trinajstić information content (AvgIpc) is 3.08. The van der Waals surface area contributed by atoms with Crippen LogP contribution in [0.3, 0.4) is 0 Å². The number of carbonyl (C=O) groups is 5. The molecule has 0 amide bonds. The Morgan fingerprint density at radius 2 is 1.87 bits per heavy atom. The monoisotopic (exact) mass is 758 g/mol. The average molecular weight is 759 g/mol. The summed E-state index contributed by atoms with van der Waals surface area (Å²) in [4.78, 5) is 65.6. The van der Waals surface area contributed by atoms with Crippen LogP contribution in [0, 0.1) is 5.41 Å². The number of hydrogen-bond acceptors (Lipinski definition) is 19. The number of nitrogens with one attached hydrogen (secondary N) is 1. The van der Waals surface area contributed by atoms with Crippen LogP contribution in [0.2, 0.25) is 0 Å². The molecule has 0 aromatic carbocycles. The lowest BCUT2D eigenvalue weighted by atomic mass is 9.74. The van der Waals surface area contributed by atoms with Crippen LogP contribution in [-0.2, 0) is 57.1 Å². The van der Waals surface area contributed by atoms with Gasteiger partial charge in [0.2, 0.25) is 0 Å². The summed E-state index contributed by atoms with van der Waals surface area (Å²) in [5, 5.41) is 65.8. The van der Waals surface area contributed by atoms with Crippen molar-refractivity contribution in [2.24, 2.45) is 4.99 Å². The normalized spacial score (nSPS) is 34.5. The number of rotatable bonds is 13. The molecule has 1 aliphatic carbocycles. The van der Waals surface area contributed by atoms with Gasteiger partial charge < -0.3 is 58.7 Å². The quantitative estimate of drug-likeness (QED) is 0.0467. The van der Waals surface area contributed by atoms with Gasteiger partial charge in [-0.25, -0.2) is 9.59 Å². The number of aliphatic imine (C=N–C) groups is 1. The van der Waals surface area contributed by atoms with Crippen LogP contribution in [-0.4, -0.2) is 146 Å². The standard InChI is InChI=1S/C32H42N2O17S/c1-7-16(34-12-52)30(42)51-25-18(11-46-15(5)35)49-28(31(43)10-17(36)23(33)22(27(31)39)29(40)41)24(38)26(25)50-21-9-19(45-6)32(44,14(4)48-21)13(3)47-20(37)8-2/h7,13-14,18-19,21,24-26,28,33,38-39,43-44H,8-11H2,1-6H3,(H,40,41)/b16-7+,33-23?/t13?,14-,18+,19-,21?,24+,25+,26-,28?,31?,32+/m0/s1. The highest BCUT2D eigenvalue weighted by molar-refractivity contribution is 7.78. The van der Waals surface area contributed by atoms with Gasteiger partial charge in [0.25, 0.3) is 0 Å². The van der Waals surface area contributed by atoms with Gasteiger partial charge in [0.15, 0.2) is 35.1 Å². The van der Waals surface area contributed by atoms with Crippen LogP contribution in [0.5, 0.6) is 0 Å². The molecule has 0 aromatic rings. The van der Waals surface area contributed by atoms with E-state index in [-0.39, 0.29) is 18.5 Å². The highest BCUT2D eigenvalue weighted by atomic mass is 32.1. The molecule has 0 aromatic heterocycles. The molecule has 6 N–H and O–H groups in total. The molecular weight excluding hydrogens is 716 g/mol. The maximum atomic E-state index is 13.3. The van der Waals surface area contributed by atoms with Crippen LogP contribution < -0.4 is 0 Å². The number of aliphatic carboxylic acids is 1. The van der Waals surface area contributed by atoms with Crippen LogP contribution >= 0.6 is 12.2 Å². The molecule has 52 heavy (non-hydrogen) atoms. The Balaban J connectivity index is 2.16. The van der Waals surface area contributed by atoms with Crippen LogP contribution in [0.15, 0.2) is 28.1 Å². The fourth-order valence-corrected chi connectivity index (χ4v) is 6.38. The smallest absolute Gasteiger partial charge is 0.357 e. The number of allylic oxidation sites excluding steroid dienone is 1. The lowest BCUT2D eigenvalue weighted by Gasteiger charge is -2.52. The number of carbonyl (C=O) groups excluding carboxylic acids is 4. The van der Waals surface area contributed by atoms with E-state index < -0.39 is 126 Å². The van der Waals surface area contributed by atoms with Crippen molar-refractivity contribution < 1.29 is 82.7 Å². The summed E-state index contributed by atoms with van der Waals surface area (Å²) in [6.07, 6.45) is -14.9. The molecule has 0 radical (unpaired) electrons. The Kier molecular flexibility index (Phi) is 14.1. The number of Topliss-reactive ketones (excluding diaryl/α,β-unsaturated/α-hetero) is 1. The third-order valence-electron chi connectivity index (χ3n) is 9.06. The number of thiocarbonyl (C=S) groups is 1. The first-order valence-corrected chi connectivity index (χ1v) is 16.4. The second-order valence-corrected chi connectivity index (χ2v) is 12.4. The molecular formula is C32H42N2O17S. The van der Waals surface area contributed by atoms with E-state index in [2.05, 4.69) is 17.2 Å². The first kappa shape index (κ1) is 42.4. The minimum Gasteiger partial charge on any atom is -0.508 e. The third-order valence-corrected chi connectivity index (χ3v) is 9.15. The predicted molar refractivity (Wildman–Crippen MR) is 175 cm³/mol. The fraction of sp³-hybridized carbons (Fsp3) is 0.656. The van der Waals surface area contributed by atoms with Gasteiger partial charge in [-0.2, -0.15) is 4.99 Å². The Morgan fingerprint density at radius 1 is 1.21 bits per heavy atom. The summed E-state index contributed by atoms with van der Waals surface area (Å²) < 4.78 is 39.6. The summed E-state index contributed by atoms with van der Waals surface area (Å²) in [5.41, 5.74) is -7.72. The van der Waals surface area contributed by atoms with Crippen molar-refractivity contribution >= 4 is 52.8 Å².